The highest BCUT2D eigenvalue weighted by atomic mass is 32.2. The van der Waals surface area contributed by atoms with E-state index in [1.165, 1.54) is 21.1 Å². The summed E-state index contributed by atoms with van der Waals surface area (Å²) in [5.41, 5.74) is 0.636. The summed E-state index contributed by atoms with van der Waals surface area (Å²) >= 11 is 6.52. The molecule has 4 rings (SSSR count). The van der Waals surface area contributed by atoms with Crippen molar-refractivity contribution in [2.45, 2.75) is 6.54 Å². The molecular weight excluding hydrogens is 396 g/mol. The van der Waals surface area contributed by atoms with Gasteiger partial charge in [-0.2, -0.15) is 0 Å². The Kier molecular flexibility index (Phi) is 4.78. The molecule has 1 amide bonds. The summed E-state index contributed by atoms with van der Waals surface area (Å²) in [6, 6.07) is 8.89. The van der Waals surface area contributed by atoms with Gasteiger partial charge in [0.2, 0.25) is 0 Å². The third kappa shape index (κ3) is 3.23. The highest BCUT2D eigenvalue weighted by Crippen LogP contribution is 2.34. The Morgan fingerprint density at radius 2 is 2.07 bits per heavy atom. The second-order valence-electron chi connectivity index (χ2n) is 6.32. The van der Waals surface area contributed by atoms with E-state index >= 15 is 0 Å². The molecule has 3 aromatic rings. The molecular formula is C19H16N4O3S2. The van der Waals surface area contributed by atoms with Crippen LogP contribution in [-0.4, -0.2) is 38.6 Å². The smallest absolute Gasteiger partial charge is 0.267 e. The summed E-state index contributed by atoms with van der Waals surface area (Å²) in [4.78, 5) is 34.1. The lowest BCUT2D eigenvalue weighted by molar-refractivity contribution is -0.122. The molecule has 0 aromatic carbocycles. The van der Waals surface area contributed by atoms with E-state index in [1.807, 2.05) is 6.07 Å². The fourth-order valence-corrected chi connectivity index (χ4v) is 4.12. The van der Waals surface area contributed by atoms with Gasteiger partial charge in [-0.15, -0.1) is 0 Å². The summed E-state index contributed by atoms with van der Waals surface area (Å²) in [6.45, 7) is 0.254. The van der Waals surface area contributed by atoms with Crippen molar-refractivity contribution in [2.24, 2.45) is 0 Å². The lowest BCUT2D eigenvalue weighted by Crippen LogP contribution is -2.27. The van der Waals surface area contributed by atoms with Gasteiger partial charge in [-0.1, -0.05) is 30.0 Å². The monoisotopic (exact) mass is 412 g/mol. The van der Waals surface area contributed by atoms with E-state index in [1.54, 1.807) is 61.8 Å². The molecule has 7 nitrogen and oxygen atoms in total. The predicted octanol–water partition coefficient (Wildman–Crippen LogP) is 2.75. The first-order valence-electron chi connectivity index (χ1n) is 8.42. The number of hydrogen-bond acceptors (Lipinski definition) is 7. The van der Waals surface area contributed by atoms with E-state index in [9.17, 15) is 9.59 Å². The number of thiocarbonyl (C=S) groups is 1. The first kappa shape index (κ1) is 18.5. The van der Waals surface area contributed by atoms with E-state index < -0.39 is 0 Å². The van der Waals surface area contributed by atoms with E-state index in [0.29, 0.717) is 32.0 Å². The van der Waals surface area contributed by atoms with Gasteiger partial charge in [-0.05, 0) is 30.3 Å². The van der Waals surface area contributed by atoms with Crippen LogP contribution in [0.2, 0.25) is 0 Å². The molecule has 28 heavy (non-hydrogen) atoms. The highest BCUT2D eigenvalue weighted by Gasteiger charge is 2.33. The molecule has 3 aromatic heterocycles. The Morgan fingerprint density at radius 3 is 2.79 bits per heavy atom. The topological polar surface area (TPSA) is 71.1 Å². The molecule has 0 saturated carbocycles. The van der Waals surface area contributed by atoms with Gasteiger partial charge >= 0.3 is 0 Å². The number of hydrogen-bond donors (Lipinski definition) is 0. The zero-order valence-corrected chi connectivity index (χ0v) is 16.8. The number of thioether (sulfide) groups is 1. The Bertz CT molecular complexity index is 1170. The molecule has 1 saturated heterocycles. The normalized spacial score (nSPS) is 15.8. The number of nitrogens with zero attached hydrogens (tertiary/aromatic N) is 4. The fraction of sp³-hybridized carbons (Fsp3) is 0.158. The van der Waals surface area contributed by atoms with Gasteiger partial charge in [0.15, 0.2) is 0 Å². The highest BCUT2D eigenvalue weighted by molar-refractivity contribution is 8.26. The fourth-order valence-electron chi connectivity index (χ4n) is 2.88. The van der Waals surface area contributed by atoms with Gasteiger partial charge in [0, 0.05) is 20.3 Å². The molecule has 0 radical (unpaired) electrons. The van der Waals surface area contributed by atoms with Crippen LogP contribution in [0.1, 0.15) is 11.3 Å². The van der Waals surface area contributed by atoms with Gasteiger partial charge in [-0.25, -0.2) is 4.98 Å². The van der Waals surface area contributed by atoms with Crippen molar-refractivity contribution in [3.63, 3.8) is 0 Å². The van der Waals surface area contributed by atoms with Crippen molar-refractivity contribution in [3.8, 4) is 0 Å². The van der Waals surface area contributed by atoms with Crippen molar-refractivity contribution in [2.75, 3.05) is 19.0 Å². The van der Waals surface area contributed by atoms with Crippen molar-refractivity contribution in [3.05, 3.63) is 69.4 Å². The minimum Gasteiger partial charge on any atom is -0.467 e. The lowest BCUT2D eigenvalue weighted by atomic mass is 10.2. The minimum atomic E-state index is -0.256. The summed E-state index contributed by atoms with van der Waals surface area (Å²) < 4.78 is 7.20. The first-order valence-corrected chi connectivity index (χ1v) is 9.64. The summed E-state index contributed by atoms with van der Waals surface area (Å²) in [6.07, 6.45) is 4.78. The second-order valence-corrected chi connectivity index (χ2v) is 8.00. The third-order valence-electron chi connectivity index (χ3n) is 4.22. The Balaban J connectivity index is 1.78. The van der Waals surface area contributed by atoms with E-state index in [2.05, 4.69) is 4.98 Å². The van der Waals surface area contributed by atoms with Gasteiger partial charge in [-0.3, -0.25) is 18.9 Å². The zero-order chi connectivity index (χ0) is 19.8. The van der Waals surface area contributed by atoms with Crippen LogP contribution in [-0.2, 0) is 11.3 Å². The maximum absolute atomic E-state index is 13.0. The van der Waals surface area contributed by atoms with Crippen LogP contribution in [0.15, 0.2) is 56.9 Å². The molecule has 142 valence electrons. The average Bonchev–Trinajstić information content (AvgIpc) is 3.28. The van der Waals surface area contributed by atoms with Crippen LogP contribution >= 0.6 is 24.0 Å². The van der Waals surface area contributed by atoms with Gasteiger partial charge in [0.25, 0.3) is 11.5 Å². The van der Waals surface area contributed by atoms with Gasteiger partial charge in [0.1, 0.15) is 21.5 Å². The number of carbonyl (C=O) groups is 1. The first-order chi connectivity index (χ1) is 13.5. The number of carbonyl (C=O) groups excluding carboxylic acids is 1. The molecule has 9 heteroatoms. The van der Waals surface area contributed by atoms with Crippen LogP contribution in [0.25, 0.3) is 11.7 Å². The Hall–Kier alpha value is -2.91. The van der Waals surface area contributed by atoms with Crippen molar-refractivity contribution < 1.29 is 9.21 Å². The lowest BCUT2D eigenvalue weighted by Gasteiger charge is -2.15. The number of amides is 1. The molecule has 0 aliphatic carbocycles. The Labute approximate surface area is 170 Å². The molecule has 0 spiro atoms. The second kappa shape index (κ2) is 7.25. The molecule has 1 aliphatic heterocycles. The van der Waals surface area contributed by atoms with Crippen molar-refractivity contribution in [1.29, 1.82) is 0 Å². The Morgan fingerprint density at radius 1 is 1.25 bits per heavy atom. The number of rotatable bonds is 4. The number of pyridine rings is 1. The number of anilines is 1. The molecule has 0 bridgehead atoms. The van der Waals surface area contributed by atoms with Crippen LogP contribution in [0, 0.1) is 0 Å². The number of aromatic nitrogens is 2. The minimum absolute atomic E-state index is 0.245. The molecule has 1 fully saturated rings. The van der Waals surface area contributed by atoms with Crippen LogP contribution < -0.4 is 10.5 Å². The molecule has 0 unspecified atom stereocenters. The standard InChI is InChI=1S/C19H16N4O3S2/c1-21(2)16-13(17(24)22-8-4-3-7-15(22)20-16)10-14-18(25)23(19(27)28-14)11-12-6-5-9-26-12/h3-10H,11H2,1-2H3. The van der Waals surface area contributed by atoms with Crippen molar-refractivity contribution in [1.82, 2.24) is 14.3 Å². The van der Waals surface area contributed by atoms with Crippen LogP contribution in [0.4, 0.5) is 5.82 Å². The summed E-state index contributed by atoms with van der Waals surface area (Å²) in [5.74, 6) is 0.875. The van der Waals surface area contributed by atoms with Gasteiger partial charge in [0.05, 0.1) is 23.3 Å². The van der Waals surface area contributed by atoms with Crippen LogP contribution in [0.3, 0.4) is 0 Å². The largest absolute Gasteiger partial charge is 0.467 e. The zero-order valence-electron chi connectivity index (χ0n) is 15.2. The molecule has 0 atom stereocenters. The average molecular weight is 412 g/mol. The molecule has 1 aliphatic rings. The van der Waals surface area contributed by atoms with E-state index in [4.69, 9.17) is 16.6 Å². The number of fused-ring (bicyclic) bond motifs is 1. The molecule has 0 N–H and O–H groups in total. The van der Waals surface area contributed by atoms with E-state index in [-0.39, 0.29) is 18.0 Å². The third-order valence-corrected chi connectivity index (χ3v) is 5.59. The van der Waals surface area contributed by atoms with Crippen LogP contribution in [0.5, 0.6) is 0 Å². The molecule has 4 heterocycles. The number of furan rings is 1. The van der Waals surface area contributed by atoms with Gasteiger partial charge < -0.3 is 9.32 Å². The summed E-state index contributed by atoms with van der Waals surface area (Å²) in [7, 11) is 3.61. The van der Waals surface area contributed by atoms with E-state index in [0.717, 1.165) is 0 Å². The SMILES string of the molecule is CN(C)c1nc2ccccn2c(=O)c1C=C1SC(=S)N(Cc2ccco2)C1=O. The predicted molar refractivity (Wildman–Crippen MR) is 113 cm³/mol. The quantitative estimate of drug-likeness (QED) is 0.482. The maximum atomic E-state index is 13.0. The summed E-state index contributed by atoms with van der Waals surface area (Å²) in [5, 5.41) is 0. The maximum Gasteiger partial charge on any atom is 0.267 e. The van der Waals surface area contributed by atoms with Crippen molar-refractivity contribution >= 4 is 51.7 Å².